The van der Waals surface area contributed by atoms with E-state index in [9.17, 15) is 4.79 Å². The van der Waals surface area contributed by atoms with Gasteiger partial charge in [0.25, 0.3) is 5.91 Å². The zero-order valence-electron chi connectivity index (χ0n) is 13.2. The molecule has 5 nitrogen and oxygen atoms in total. The largest absolute Gasteiger partial charge is 0.346 e. The second-order valence-electron chi connectivity index (χ2n) is 7.23. The highest BCUT2D eigenvalue weighted by atomic mass is 16.2. The van der Waals surface area contributed by atoms with E-state index in [0.29, 0.717) is 5.92 Å². The molecule has 3 unspecified atom stereocenters. The summed E-state index contributed by atoms with van der Waals surface area (Å²) in [7, 11) is 0. The molecule has 0 saturated heterocycles. The van der Waals surface area contributed by atoms with Crippen LogP contribution >= 0.6 is 0 Å². The number of H-pyrrole nitrogens is 1. The number of amides is 1. The van der Waals surface area contributed by atoms with Crippen LogP contribution in [-0.4, -0.2) is 27.1 Å². The quantitative estimate of drug-likeness (QED) is 0.873. The molecule has 20 heavy (non-hydrogen) atoms. The minimum absolute atomic E-state index is 0.126. The molecule has 1 aromatic heterocycles. The standard InChI is InChI=1S/C15H26N4O/c1-9-6-7-11(10(2)8-9)16-13(20)12-17-14(19-18-12)15(3,4)5/h9-11H,6-8H2,1-5H3,(H,16,20)(H,17,18,19). The van der Waals surface area contributed by atoms with E-state index in [1.165, 1.54) is 12.8 Å². The highest BCUT2D eigenvalue weighted by molar-refractivity contribution is 5.90. The van der Waals surface area contributed by atoms with E-state index in [0.717, 1.165) is 18.2 Å². The Balaban J connectivity index is 2.00. The molecule has 1 aliphatic rings. The van der Waals surface area contributed by atoms with Gasteiger partial charge in [-0.3, -0.25) is 9.89 Å². The third kappa shape index (κ3) is 3.38. The van der Waals surface area contributed by atoms with Crippen molar-refractivity contribution in [3.05, 3.63) is 11.6 Å². The Labute approximate surface area is 120 Å². The van der Waals surface area contributed by atoms with Gasteiger partial charge in [0.2, 0.25) is 5.82 Å². The van der Waals surface area contributed by atoms with Crippen molar-refractivity contribution in [1.29, 1.82) is 0 Å². The van der Waals surface area contributed by atoms with Crippen molar-refractivity contribution >= 4 is 5.91 Å². The number of rotatable bonds is 2. The van der Waals surface area contributed by atoms with Gasteiger partial charge in [-0.05, 0) is 31.1 Å². The zero-order valence-corrected chi connectivity index (χ0v) is 13.2. The van der Waals surface area contributed by atoms with Gasteiger partial charge in [0.05, 0.1) is 0 Å². The molecule has 112 valence electrons. The van der Waals surface area contributed by atoms with Crippen LogP contribution in [-0.2, 0) is 5.41 Å². The predicted octanol–water partition coefficient (Wildman–Crippen LogP) is 2.66. The number of nitrogens with zero attached hydrogens (tertiary/aromatic N) is 2. The monoisotopic (exact) mass is 278 g/mol. The van der Waals surface area contributed by atoms with Crippen molar-refractivity contribution in [3.8, 4) is 0 Å². The summed E-state index contributed by atoms with van der Waals surface area (Å²) < 4.78 is 0. The summed E-state index contributed by atoms with van der Waals surface area (Å²) in [6, 6.07) is 0.246. The Morgan fingerprint density at radius 2 is 2.00 bits per heavy atom. The summed E-state index contributed by atoms with van der Waals surface area (Å²) >= 11 is 0. The van der Waals surface area contributed by atoms with Gasteiger partial charge in [0.1, 0.15) is 5.82 Å². The maximum absolute atomic E-state index is 12.2. The van der Waals surface area contributed by atoms with E-state index < -0.39 is 0 Å². The van der Waals surface area contributed by atoms with E-state index in [1.807, 2.05) is 20.8 Å². The molecule has 2 N–H and O–H groups in total. The summed E-state index contributed by atoms with van der Waals surface area (Å²) in [5.74, 6) is 2.11. The van der Waals surface area contributed by atoms with Crippen LogP contribution < -0.4 is 5.32 Å². The number of aromatic amines is 1. The molecule has 1 aromatic rings. The fraction of sp³-hybridized carbons (Fsp3) is 0.800. The molecule has 5 heteroatoms. The Morgan fingerprint density at radius 1 is 1.30 bits per heavy atom. The van der Waals surface area contributed by atoms with Crippen LogP contribution in [0.4, 0.5) is 0 Å². The molecular formula is C15H26N4O. The fourth-order valence-corrected chi connectivity index (χ4v) is 2.81. The van der Waals surface area contributed by atoms with Crippen molar-refractivity contribution in [1.82, 2.24) is 20.5 Å². The van der Waals surface area contributed by atoms with E-state index in [1.54, 1.807) is 0 Å². The summed E-state index contributed by atoms with van der Waals surface area (Å²) in [6.07, 6.45) is 3.40. The molecule has 1 amide bonds. The summed E-state index contributed by atoms with van der Waals surface area (Å²) in [4.78, 5) is 16.5. The predicted molar refractivity (Wildman–Crippen MR) is 78.5 cm³/mol. The number of hydrogen-bond acceptors (Lipinski definition) is 3. The molecule has 0 aliphatic heterocycles. The fourth-order valence-electron chi connectivity index (χ4n) is 2.81. The van der Waals surface area contributed by atoms with Crippen LogP contribution in [0.25, 0.3) is 0 Å². The molecule has 0 aromatic carbocycles. The number of nitrogens with one attached hydrogen (secondary N) is 2. The lowest BCUT2D eigenvalue weighted by molar-refractivity contribution is 0.0889. The summed E-state index contributed by atoms with van der Waals surface area (Å²) in [5, 5.41) is 9.99. The SMILES string of the molecule is CC1CCC(NC(=O)c2n[nH]c(C(C)(C)C)n2)C(C)C1. The normalized spacial score (nSPS) is 27.4. The Bertz CT molecular complexity index is 474. The molecule has 1 saturated carbocycles. The van der Waals surface area contributed by atoms with Crippen molar-refractivity contribution < 1.29 is 4.79 Å². The first-order valence-corrected chi connectivity index (χ1v) is 7.51. The summed E-state index contributed by atoms with van der Waals surface area (Å²) in [5.41, 5.74) is -0.126. The van der Waals surface area contributed by atoms with Gasteiger partial charge >= 0.3 is 0 Å². The third-order valence-electron chi connectivity index (χ3n) is 4.15. The first-order chi connectivity index (χ1) is 9.27. The molecule has 3 atom stereocenters. The Morgan fingerprint density at radius 3 is 2.55 bits per heavy atom. The average Bonchev–Trinajstić information content (AvgIpc) is 2.82. The topological polar surface area (TPSA) is 70.7 Å². The minimum Gasteiger partial charge on any atom is -0.346 e. The lowest BCUT2D eigenvalue weighted by Gasteiger charge is -2.32. The minimum atomic E-state index is -0.164. The van der Waals surface area contributed by atoms with Gasteiger partial charge in [0, 0.05) is 11.5 Å². The van der Waals surface area contributed by atoms with Crippen LogP contribution in [0.1, 0.15) is 70.3 Å². The summed E-state index contributed by atoms with van der Waals surface area (Å²) in [6.45, 7) is 10.6. The molecule has 2 rings (SSSR count). The van der Waals surface area contributed by atoms with Gasteiger partial charge in [-0.15, -0.1) is 5.10 Å². The van der Waals surface area contributed by atoms with Crippen LogP contribution in [0.5, 0.6) is 0 Å². The lowest BCUT2D eigenvalue weighted by Crippen LogP contribution is -2.42. The third-order valence-corrected chi connectivity index (χ3v) is 4.15. The van der Waals surface area contributed by atoms with Crippen LogP contribution in [0.3, 0.4) is 0 Å². The van der Waals surface area contributed by atoms with Crippen molar-refractivity contribution in [2.24, 2.45) is 11.8 Å². The van der Waals surface area contributed by atoms with Gasteiger partial charge in [-0.25, -0.2) is 4.98 Å². The van der Waals surface area contributed by atoms with Gasteiger partial charge < -0.3 is 5.32 Å². The van der Waals surface area contributed by atoms with Gasteiger partial charge in [-0.1, -0.05) is 34.6 Å². The molecular weight excluding hydrogens is 252 g/mol. The van der Waals surface area contributed by atoms with Gasteiger partial charge in [-0.2, -0.15) is 0 Å². The number of carbonyl (C=O) groups is 1. The van der Waals surface area contributed by atoms with Crippen molar-refractivity contribution in [2.75, 3.05) is 0 Å². The molecule has 1 heterocycles. The highest BCUT2D eigenvalue weighted by Gasteiger charge is 2.28. The van der Waals surface area contributed by atoms with Crippen LogP contribution in [0.15, 0.2) is 0 Å². The van der Waals surface area contributed by atoms with Crippen molar-refractivity contribution in [2.45, 2.75) is 65.3 Å². The van der Waals surface area contributed by atoms with Gasteiger partial charge in [0.15, 0.2) is 0 Å². The van der Waals surface area contributed by atoms with E-state index in [-0.39, 0.29) is 23.2 Å². The molecule has 0 radical (unpaired) electrons. The lowest BCUT2D eigenvalue weighted by atomic mass is 9.80. The average molecular weight is 278 g/mol. The van der Waals surface area contributed by atoms with E-state index in [2.05, 4.69) is 34.3 Å². The maximum Gasteiger partial charge on any atom is 0.291 e. The second kappa shape index (κ2) is 5.54. The Hall–Kier alpha value is -1.39. The second-order valence-corrected chi connectivity index (χ2v) is 7.23. The van der Waals surface area contributed by atoms with Crippen molar-refractivity contribution in [3.63, 3.8) is 0 Å². The number of aromatic nitrogens is 3. The first kappa shape index (κ1) is 15.0. The van der Waals surface area contributed by atoms with E-state index in [4.69, 9.17) is 0 Å². The highest BCUT2D eigenvalue weighted by Crippen LogP contribution is 2.28. The Kier molecular flexibility index (Phi) is 4.16. The first-order valence-electron chi connectivity index (χ1n) is 7.51. The van der Waals surface area contributed by atoms with E-state index >= 15 is 0 Å². The number of carbonyl (C=O) groups excluding carboxylic acids is 1. The number of hydrogen-bond donors (Lipinski definition) is 2. The maximum atomic E-state index is 12.2. The molecule has 0 spiro atoms. The van der Waals surface area contributed by atoms with Crippen LogP contribution in [0.2, 0.25) is 0 Å². The smallest absolute Gasteiger partial charge is 0.291 e. The molecule has 1 aliphatic carbocycles. The zero-order chi connectivity index (χ0) is 14.9. The van der Waals surface area contributed by atoms with Crippen LogP contribution in [0, 0.1) is 11.8 Å². The molecule has 0 bridgehead atoms. The molecule has 1 fully saturated rings.